The summed E-state index contributed by atoms with van der Waals surface area (Å²) in [4.78, 5) is 32.3. The lowest BCUT2D eigenvalue weighted by molar-refractivity contribution is -0.121. The summed E-state index contributed by atoms with van der Waals surface area (Å²) in [6.45, 7) is 0.513. The number of aromatic nitrogens is 1. The number of carbonyl (C=O) groups excluding carboxylic acids is 2. The van der Waals surface area contributed by atoms with Crippen molar-refractivity contribution in [3.63, 3.8) is 0 Å². The second kappa shape index (κ2) is 10.2. The van der Waals surface area contributed by atoms with Crippen molar-refractivity contribution in [1.29, 1.82) is 0 Å². The minimum atomic E-state index is -0.559. The Hall–Kier alpha value is -3.87. The van der Waals surface area contributed by atoms with E-state index in [-0.39, 0.29) is 17.7 Å². The standard InChI is InChI=1S/C26H27N3O4/c1-32-21-11-6-9-19(17-21)18-8-5-10-20(16-18)28-24(30)23-13-3-4-15-29(23)26(31)22-12-7-14-27-25(22)33-2/h5-12,14,16-17,23H,3-4,13,15H2,1-2H3,(H,28,30)/t23-/m0/s1. The van der Waals surface area contributed by atoms with E-state index in [1.807, 2.05) is 48.5 Å². The normalized spacial score (nSPS) is 15.6. The fraction of sp³-hybridized carbons (Fsp3) is 0.269. The van der Waals surface area contributed by atoms with Crippen LogP contribution in [0.25, 0.3) is 11.1 Å². The maximum absolute atomic E-state index is 13.3. The lowest BCUT2D eigenvalue weighted by Gasteiger charge is -2.35. The average Bonchev–Trinajstić information content (AvgIpc) is 2.88. The van der Waals surface area contributed by atoms with Gasteiger partial charge in [0.15, 0.2) is 0 Å². The molecule has 1 aromatic heterocycles. The molecule has 170 valence electrons. The van der Waals surface area contributed by atoms with E-state index in [4.69, 9.17) is 9.47 Å². The number of methoxy groups -OCH3 is 2. The van der Waals surface area contributed by atoms with Gasteiger partial charge < -0.3 is 19.7 Å². The molecule has 0 spiro atoms. The Balaban J connectivity index is 1.54. The highest BCUT2D eigenvalue weighted by Gasteiger charge is 2.34. The highest BCUT2D eigenvalue weighted by Crippen LogP contribution is 2.27. The number of pyridine rings is 1. The summed E-state index contributed by atoms with van der Waals surface area (Å²) in [7, 11) is 3.11. The van der Waals surface area contributed by atoms with Gasteiger partial charge in [-0.3, -0.25) is 9.59 Å². The Morgan fingerprint density at radius 1 is 0.970 bits per heavy atom. The van der Waals surface area contributed by atoms with Crippen molar-refractivity contribution in [2.75, 3.05) is 26.1 Å². The largest absolute Gasteiger partial charge is 0.497 e. The van der Waals surface area contributed by atoms with Crippen LogP contribution in [-0.2, 0) is 4.79 Å². The van der Waals surface area contributed by atoms with Gasteiger partial charge in [-0.05, 0) is 66.8 Å². The summed E-state index contributed by atoms with van der Waals surface area (Å²) in [5.74, 6) is 0.584. The molecule has 1 atom stereocenters. The maximum atomic E-state index is 13.3. The summed E-state index contributed by atoms with van der Waals surface area (Å²) in [6, 6.07) is 18.2. The number of ether oxygens (including phenoxy) is 2. The third-order valence-electron chi connectivity index (χ3n) is 5.79. The third-order valence-corrected chi connectivity index (χ3v) is 5.79. The molecule has 0 saturated carbocycles. The fourth-order valence-electron chi connectivity index (χ4n) is 4.12. The van der Waals surface area contributed by atoms with Crippen LogP contribution in [0.1, 0.15) is 29.6 Å². The molecule has 0 radical (unpaired) electrons. The third kappa shape index (κ3) is 4.98. The van der Waals surface area contributed by atoms with E-state index in [9.17, 15) is 9.59 Å². The monoisotopic (exact) mass is 445 g/mol. The van der Waals surface area contributed by atoms with Gasteiger partial charge in [-0.15, -0.1) is 0 Å². The number of likely N-dealkylation sites (tertiary alicyclic amines) is 1. The van der Waals surface area contributed by atoms with Crippen LogP contribution >= 0.6 is 0 Å². The predicted octanol–water partition coefficient (Wildman–Crippen LogP) is 4.40. The van der Waals surface area contributed by atoms with Gasteiger partial charge in [0, 0.05) is 18.4 Å². The smallest absolute Gasteiger partial charge is 0.260 e. The van der Waals surface area contributed by atoms with Gasteiger partial charge in [-0.2, -0.15) is 0 Å². The average molecular weight is 446 g/mol. The van der Waals surface area contributed by atoms with Crippen LogP contribution in [0.2, 0.25) is 0 Å². The molecule has 0 bridgehead atoms. The predicted molar refractivity (Wildman–Crippen MR) is 127 cm³/mol. The van der Waals surface area contributed by atoms with E-state index in [0.717, 1.165) is 29.7 Å². The van der Waals surface area contributed by atoms with Crippen LogP contribution in [-0.4, -0.2) is 48.5 Å². The van der Waals surface area contributed by atoms with Crippen LogP contribution in [0.4, 0.5) is 5.69 Å². The summed E-state index contributed by atoms with van der Waals surface area (Å²) < 4.78 is 10.6. The number of anilines is 1. The SMILES string of the molecule is COc1cccc(-c2cccc(NC(=O)[C@@H]3CCCCN3C(=O)c3cccnc3OC)c2)c1. The molecule has 1 N–H and O–H groups in total. The van der Waals surface area contributed by atoms with Crippen molar-refractivity contribution in [1.82, 2.24) is 9.88 Å². The Labute approximate surface area is 193 Å². The zero-order valence-corrected chi connectivity index (χ0v) is 18.8. The molecule has 1 aliphatic heterocycles. The number of amides is 2. The van der Waals surface area contributed by atoms with Gasteiger partial charge in [0.1, 0.15) is 17.4 Å². The van der Waals surface area contributed by atoms with Crippen LogP contribution in [0.15, 0.2) is 66.9 Å². The van der Waals surface area contributed by atoms with E-state index in [1.54, 1.807) is 30.3 Å². The molecule has 0 unspecified atom stereocenters. The number of hydrogen-bond acceptors (Lipinski definition) is 5. The Morgan fingerprint density at radius 3 is 2.55 bits per heavy atom. The number of rotatable bonds is 6. The zero-order chi connectivity index (χ0) is 23.2. The Morgan fingerprint density at radius 2 is 1.76 bits per heavy atom. The highest BCUT2D eigenvalue weighted by molar-refractivity contribution is 6.02. The number of carbonyl (C=O) groups is 2. The van der Waals surface area contributed by atoms with E-state index in [1.165, 1.54) is 7.11 Å². The maximum Gasteiger partial charge on any atom is 0.260 e. The molecular formula is C26H27N3O4. The van der Waals surface area contributed by atoms with Gasteiger partial charge in [0.25, 0.3) is 5.91 Å². The number of hydrogen-bond donors (Lipinski definition) is 1. The lowest BCUT2D eigenvalue weighted by Crippen LogP contribution is -2.50. The minimum absolute atomic E-state index is 0.200. The molecule has 3 aromatic rings. The van der Waals surface area contributed by atoms with Crippen molar-refractivity contribution in [3.05, 3.63) is 72.4 Å². The van der Waals surface area contributed by atoms with Crippen LogP contribution in [0.3, 0.4) is 0 Å². The van der Waals surface area contributed by atoms with Crippen molar-refractivity contribution >= 4 is 17.5 Å². The van der Waals surface area contributed by atoms with Gasteiger partial charge in [0.2, 0.25) is 11.8 Å². The van der Waals surface area contributed by atoms with Gasteiger partial charge in [-0.1, -0.05) is 24.3 Å². The molecule has 2 amide bonds. The molecule has 1 fully saturated rings. The van der Waals surface area contributed by atoms with Crippen molar-refractivity contribution in [2.24, 2.45) is 0 Å². The molecule has 1 aliphatic rings. The Kier molecular flexibility index (Phi) is 6.88. The second-order valence-electron chi connectivity index (χ2n) is 7.87. The lowest BCUT2D eigenvalue weighted by atomic mass is 9.99. The van der Waals surface area contributed by atoms with Crippen LogP contribution < -0.4 is 14.8 Å². The topological polar surface area (TPSA) is 80.8 Å². The second-order valence-corrected chi connectivity index (χ2v) is 7.87. The van der Waals surface area contributed by atoms with E-state index < -0.39 is 6.04 Å². The van der Waals surface area contributed by atoms with Gasteiger partial charge in [-0.25, -0.2) is 4.98 Å². The molecular weight excluding hydrogens is 418 g/mol. The van der Waals surface area contributed by atoms with Crippen molar-refractivity contribution in [2.45, 2.75) is 25.3 Å². The van der Waals surface area contributed by atoms with E-state index in [2.05, 4.69) is 10.3 Å². The van der Waals surface area contributed by atoms with Gasteiger partial charge >= 0.3 is 0 Å². The number of nitrogens with one attached hydrogen (secondary N) is 1. The summed E-state index contributed by atoms with van der Waals surface area (Å²) >= 11 is 0. The summed E-state index contributed by atoms with van der Waals surface area (Å²) in [5.41, 5.74) is 2.99. The molecule has 2 aromatic carbocycles. The molecule has 7 heteroatoms. The van der Waals surface area contributed by atoms with Crippen molar-refractivity contribution in [3.8, 4) is 22.8 Å². The van der Waals surface area contributed by atoms with E-state index >= 15 is 0 Å². The number of benzene rings is 2. The first kappa shape index (κ1) is 22.3. The molecule has 7 nitrogen and oxygen atoms in total. The molecule has 0 aliphatic carbocycles. The van der Waals surface area contributed by atoms with Crippen LogP contribution in [0.5, 0.6) is 11.6 Å². The summed E-state index contributed by atoms with van der Waals surface area (Å²) in [6.07, 6.45) is 3.92. The molecule has 1 saturated heterocycles. The quantitative estimate of drug-likeness (QED) is 0.608. The highest BCUT2D eigenvalue weighted by atomic mass is 16.5. The van der Waals surface area contributed by atoms with Gasteiger partial charge in [0.05, 0.1) is 14.2 Å². The number of piperidine rings is 1. The van der Waals surface area contributed by atoms with Crippen LogP contribution in [0, 0.1) is 0 Å². The first-order chi connectivity index (χ1) is 16.1. The van der Waals surface area contributed by atoms with Crippen molar-refractivity contribution < 1.29 is 19.1 Å². The molecule has 4 rings (SSSR count). The molecule has 33 heavy (non-hydrogen) atoms. The minimum Gasteiger partial charge on any atom is -0.497 e. The first-order valence-corrected chi connectivity index (χ1v) is 11.0. The first-order valence-electron chi connectivity index (χ1n) is 11.0. The molecule has 2 heterocycles. The fourth-order valence-corrected chi connectivity index (χ4v) is 4.12. The summed E-state index contributed by atoms with van der Waals surface area (Å²) in [5, 5.41) is 3.00. The number of nitrogens with zero attached hydrogens (tertiary/aromatic N) is 2. The van der Waals surface area contributed by atoms with E-state index in [0.29, 0.717) is 24.2 Å². The Bertz CT molecular complexity index is 1150. The zero-order valence-electron chi connectivity index (χ0n) is 18.8.